The van der Waals surface area contributed by atoms with Crippen LogP contribution in [-0.4, -0.2) is 70.0 Å². The highest BCUT2D eigenvalue weighted by atomic mass is 16.3. The van der Waals surface area contributed by atoms with Crippen molar-refractivity contribution in [1.29, 1.82) is 0 Å². The monoisotopic (exact) mass is 569 g/mol. The molecule has 3 aromatic rings. The van der Waals surface area contributed by atoms with Crippen LogP contribution in [0.2, 0.25) is 0 Å². The molecule has 0 bridgehead atoms. The molecule has 2 aromatic heterocycles. The number of carbonyl (C=O) groups is 1. The SMILES string of the molecule is CCCC(O)C#Cc1cn(C(c2ccccc2)C2CN(C(C)C)C(=O)c3c(O)c(=O)cnn32)nc1C#CC1(O)CCC1. The molecule has 1 aromatic carbocycles. The Morgan fingerprint density at radius 3 is 2.52 bits per heavy atom. The molecule has 3 unspecified atom stereocenters. The van der Waals surface area contributed by atoms with Gasteiger partial charge < -0.3 is 20.2 Å². The molecule has 3 atom stereocenters. The lowest BCUT2D eigenvalue weighted by Crippen LogP contribution is -2.50. The summed E-state index contributed by atoms with van der Waals surface area (Å²) in [5.74, 6) is 10.8. The van der Waals surface area contributed by atoms with E-state index in [2.05, 4.69) is 28.8 Å². The van der Waals surface area contributed by atoms with E-state index in [0.717, 1.165) is 24.6 Å². The lowest BCUT2D eigenvalue weighted by atomic mass is 9.81. The van der Waals surface area contributed by atoms with Gasteiger partial charge in [-0.05, 0) is 51.0 Å². The van der Waals surface area contributed by atoms with Crippen molar-refractivity contribution in [3.8, 4) is 29.4 Å². The Morgan fingerprint density at radius 2 is 1.88 bits per heavy atom. The van der Waals surface area contributed by atoms with Crippen molar-refractivity contribution < 1.29 is 20.1 Å². The summed E-state index contributed by atoms with van der Waals surface area (Å²) in [7, 11) is 0. The fraction of sp³-hybridized carbons (Fsp3) is 0.438. The maximum Gasteiger partial charge on any atom is 0.276 e. The van der Waals surface area contributed by atoms with Crippen LogP contribution >= 0.6 is 0 Å². The summed E-state index contributed by atoms with van der Waals surface area (Å²) in [4.78, 5) is 27.4. The van der Waals surface area contributed by atoms with Gasteiger partial charge in [-0.1, -0.05) is 61.4 Å². The van der Waals surface area contributed by atoms with E-state index in [9.17, 15) is 24.9 Å². The molecule has 3 N–H and O–H groups in total. The summed E-state index contributed by atoms with van der Waals surface area (Å²) >= 11 is 0. The Bertz CT molecular complexity index is 1650. The second kappa shape index (κ2) is 11.8. The average molecular weight is 570 g/mol. The number of aromatic nitrogens is 4. The molecule has 1 aliphatic heterocycles. The standard InChI is InChI=1S/C32H35N5O5/c1-4-9-24(38)13-12-23-19-36(34-25(23)14-17-32(42)15-8-16-32)28(22-10-6-5-7-11-22)26-20-35(21(2)3)31(41)29-30(40)27(39)18-33-37(26)29/h5-7,10-11,18-19,21,24,26,28,38,40,42H,4,8-9,15-16,20H2,1-3H3. The number of amides is 1. The number of aromatic hydroxyl groups is 1. The molecule has 10 nitrogen and oxygen atoms in total. The highest BCUT2D eigenvalue weighted by Crippen LogP contribution is 2.37. The predicted molar refractivity (Wildman–Crippen MR) is 156 cm³/mol. The first kappa shape index (κ1) is 29.1. The summed E-state index contributed by atoms with van der Waals surface area (Å²) in [5.41, 5.74) is -0.264. The lowest BCUT2D eigenvalue weighted by molar-refractivity contribution is 0.0239. The highest BCUT2D eigenvalue weighted by molar-refractivity contribution is 5.96. The largest absolute Gasteiger partial charge is 0.502 e. The predicted octanol–water partition coefficient (Wildman–Crippen LogP) is 2.62. The molecule has 1 fully saturated rings. The summed E-state index contributed by atoms with van der Waals surface area (Å²) in [6.07, 6.45) is 5.34. The van der Waals surface area contributed by atoms with Crippen molar-refractivity contribution in [1.82, 2.24) is 24.5 Å². The van der Waals surface area contributed by atoms with E-state index in [0.29, 0.717) is 30.5 Å². The Hall–Kier alpha value is -4.38. The topological polar surface area (TPSA) is 134 Å². The number of aliphatic hydroxyl groups is 2. The molecule has 3 heterocycles. The summed E-state index contributed by atoms with van der Waals surface area (Å²) in [5, 5.41) is 40.8. The Balaban J connectivity index is 1.69. The number of fused-ring (bicyclic) bond motifs is 1. The van der Waals surface area contributed by atoms with Crippen molar-refractivity contribution in [2.75, 3.05) is 6.54 Å². The lowest BCUT2D eigenvalue weighted by Gasteiger charge is -2.40. The number of benzene rings is 1. The van der Waals surface area contributed by atoms with Gasteiger partial charge >= 0.3 is 0 Å². The van der Waals surface area contributed by atoms with Gasteiger partial charge in [-0.25, -0.2) is 4.68 Å². The smallest absolute Gasteiger partial charge is 0.276 e. The maximum absolute atomic E-state index is 13.4. The molecule has 0 spiro atoms. The number of carbonyl (C=O) groups excluding carboxylic acids is 1. The number of nitrogens with zero attached hydrogens (tertiary/aromatic N) is 5. The van der Waals surface area contributed by atoms with Gasteiger partial charge in [0.25, 0.3) is 5.91 Å². The van der Waals surface area contributed by atoms with E-state index in [1.54, 1.807) is 15.8 Å². The fourth-order valence-electron chi connectivity index (χ4n) is 5.32. The second-order valence-electron chi connectivity index (χ2n) is 11.2. The molecular weight excluding hydrogens is 534 g/mol. The van der Waals surface area contributed by atoms with Gasteiger partial charge in [-0.3, -0.25) is 14.3 Å². The zero-order chi connectivity index (χ0) is 30.0. The quantitative estimate of drug-likeness (QED) is 0.389. The van der Waals surface area contributed by atoms with Crippen LogP contribution in [0.25, 0.3) is 0 Å². The van der Waals surface area contributed by atoms with Crippen molar-refractivity contribution in [2.45, 2.75) is 82.7 Å². The van der Waals surface area contributed by atoms with Crippen LogP contribution < -0.4 is 5.43 Å². The molecule has 2 aliphatic rings. The molecule has 5 rings (SSSR count). The molecular formula is C32H35N5O5. The van der Waals surface area contributed by atoms with Gasteiger partial charge in [0.15, 0.2) is 17.1 Å². The zero-order valence-corrected chi connectivity index (χ0v) is 24.0. The van der Waals surface area contributed by atoms with Gasteiger partial charge in [0, 0.05) is 18.8 Å². The minimum Gasteiger partial charge on any atom is -0.502 e. The molecule has 42 heavy (non-hydrogen) atoms. The Morgan fingerprint density at radius 1 is 1.14 bits per heavy atom. The Labute approximate surface area is 244 Å². The average Bonchev–Trinajstić information content (AvgIpc) is 3.35. The minimum absolute atomic E-state index is 0.171. The van der Waals surface area contributed by atoms with Gasteiger partial charge in [-0.15, -0.1) is 0 Å². The first-order valence-electron chi connectivity index (χ1n) is 14.3. The summed E-state index contributed by atoms with van der Waals surface area (Å²) in [6.45, 7) is 5.94. The van der Waals surface area contributed by atoms with Crippen LogP contribution in [0.15, 0.2) is 47.5 Å². The van der Waals surface area contributed by atoms with Crippen LogP contribution in [0.1, 0.15) is 92.3 Å². The van der Waals surface area contributed by atoms with E-state index < -0.39 is 40.9 Å². The Kier molecular flexibility index (Phi) is 8.22. The second-order valence-corrected chi connectivity index (χ2v) is 11.2. The van der Waals surface area contributed by atoms with Crippen molar-refractivity contribution >= 4 is 5.91 Å². The third-order valence-corrected chi connectivity index (χ3v) is 7.82. The highest BCUT2D eigenvalue weighted by Gasteiger charge is 2.41. The molecule has 1 aliphatic carbocycles. The number of rotatable bonds is 6. The van der Waals surface area contributed by atoms with Crippen LogP contribution in [0, 0.1) is 23.7 Å². The third-order valence-electron chi connectivity index (χ3n) is 7.82. The van der Waals surface area contributed by atoms with Gasteiger partial charge in [-0.2, -0.15) is 10.2 Å². The van der Waals surface area contributed by atoms with E-state index in [-0.39, 0.29) is 18.3 Å². The van der Waals surface area contributed by atoms with Crippen LogP contribution in [0.4, 0.5) is 0 Å². The van der Waals surface area contributed by atoms with Crippen LogP contribution in [0.5, 0.6) is 5.75 Å². The number of hydrogen-bond acceptors (Lipinski definition) is 7. The van der Waals surface area contributed by atoms with E-state index >= 15 is 0 Å². The van der Waals surface area contributed by atoms with Crippen LogP contribution in [0.3, 0.4) is 0 Å². The van der Waals surface area contributed by atoms with Crippen molar-refractivity contribution in [3.63, 3.8) is 0 Å². The first-order valence-corrected chi connectivity index (χ1v) is 14.3. The molecule has 0 radical (unpaired) electrons. The van der Waals surface area contributed by atoms with Gasteiger partial charge in [0.1, 0.15) is 17.7 Å². The maximum atomic E-state index is 13.4. The first-order chi connectivity index (χ1) is 20.1. The van der Waals surface area contributed by atoms with E-state index in [1.165, 1.54) is 4.68 Å². The fourth-order valence-corrected chi connectivity index (χ4v) is 5.32. The van der Waals surface area contributed by atoms with E-state index in [4.69, 9.17) is 5.10 Å². The summed E-state index contributed by atoms with van der Waals surface area (Å²) < 4.78 is 3.12. The van der Waals surface area contributed by atoms with Crippen LogP contribution in [-0.2, 0) is 0 Å². The van der Waals surface area contributed by atoms with E-state index in [1.807, 2.05) is 51.1 Å². The zero-order valence-electron chi connectivity index (χ0n) is 24.0. The summed E-state index contributed by atoms with van der Waals surface area (Å²) in [6, 6.07) is 8.20. The van der Waals surface area contributed by atoms with Gasteiger partial charge in [0.2, 0.25) is 5.43 Å². The third kappa shape index (κ3) is 5.69. The van der Waals surface area contributed by atoms with Crippen molar-refractivity contribution in [3.05, 3.63) is 75.5 Å². The normalized spacial score (nSPS) is 18.7. The molecule has 10 heteroatoms. The number of aliphatic hydroxyl groups excluding tert-OH is 1. The van der Waals surface area contributed by atoms with Gasteiger partial charge in [0.05, 0.1) is 17.8 Å². The molecule has 1 saturated carbocycles. The molecule has 218 valence electrons. The molecule has 0 saturated heterocycles. The number of hydrogen-bond donors (Lipinski definition) is 3. The minimum atomic E-state index is -1.05. The van der Waals surface area contributed by atoms with Crippen molar-refractivity contribution in [2.24, 2.45) is 0 Å². The molecule has 1 amide bonds.